The molecule has 1 fully saturated rings. The number of hydrogen-bond acceptors (Lipinski definition) is 4. The highest BCUT2D eigenvalue weighted by Crippen LogP contribution is 2.32. The average Bonchev–Trinajstić information content (AvgIpc) is 3.03. The number of hydrogen-bond donors (Lipinski definition) is 1. The van der Waals surface area contributed by atoms with Crippen LogP contribution in [-0.4, -0.2) is 32.5 Å². The minimum atomic E-state index is -0.823. The van der Waals surface area contributed by atoms with Crippen molar-refractivity contribution in [3.8, 4) is 0 Å². The van der Waals surface area contributed by atoms with Crippen LogP contribution in [0, 0.1) is 12.7 Å². The summed E-state index contributed by atoms with van der Waals surface area (Å²) in [6.07, 6.45) is 2.58. The van der Waals surface area contributed by atoms with Gasteiger partial charge in [0, 0.05) is 18.7 Å². The molecule has 0 aliphatic carbocycles. The summed E-state index contributed by atoms with van der Waals surface area (Å²) in [5.41, 5.74) is 2.80. The van der Waals surface area contributed by atoms with Crippen LogP contribution < -0.4 is 0 Å². The highest BCUT2D eigenvalue weighted by atomic mass is 19.1. The first-order valence-electron chi connectivity index (χ1n) is 8.56. The van der Waals surface area contributed by atoms with E-state index in [-0.39, 0.29) is 18.3 Å². The van der Waals surface area contributed by atoms with Gasteiger partial charge in [-0.2, -0.15) is 0 Å². The Morgan fingerprint density at radius 3 is 2.80 bits per heavy atom. The van der Waals surface area contributed by atoms with Crippen LogP contribution in [0.4, 0.5) is 4.39 Å². The molecule has 1 N–H and O–H groups in total. The van der Waals surface area contributed by atoms with Gasteiger partial charge in [0.1, 0.15) is 11.6 Å². The molecule has 5 nitrogen and oxygen atoms in total. The second kappa shape index (κ2) is 7.70. The molecule has 0 amide bonds. The molecule has 1 aromatic carbocycles. The van der Waals surface area contributed by atoms with Gasteiger partial charge in [-0.25, -0.2) is 14.4 Å². The molecule has 3 rings (SSSR count). The highest BCUT2D eigenvalue weighted by molar-refractivity contribution is 5.66. The predicted octanol–water partition coefficient (Wildman–Crippen LogP) is 3.28. The lowest BCUT2D eigenvalue weighted by Gasteiger charge is -2.24. The smallest absolute Gasteiger partial charge is 0.303 e. The van der Waals surface area contributed by atoms with Crippen LogP contribution in [0.15, 0.2) is 30.3 Å². The van der Waals surface area contributed by atoms with E-state index in [1.165, 1.54) is 12.1 Å². The summed E-state index contributed by atoms with van der Waals surface area (Å²) >= 11 is 0. The molecule has 2 heterocycles. The predicted molar refractivity (Wildman–Crippen MR) is 91.5 cm³/mol. The summed E-state index contributed by atoms with van der Waals surface area (Å²) in [6.45, 7) is 3.56. The molecule has 2 aromatic rings. The SMILES string of the molecule is Cc1nc(CCC(=O)O)cc([C@H]2CCCN2Cc2ccc(F)cc2)n1. The zero-order chi connectivity index (χ0) is 17.8. The normalized spacial score (nSPS) is 17.8. The number of rotatable bonds is 6. The van der Waals surface area contributed by atoms with Crippen molar-refractivity contribution in [3.63, 3.8) is 0 Å². The van der Waals surface area contributed by atoms with Gasteiger partial charge in [0.15, 0.2) is 0 Å². The minimum absolute atomic E-state index is 0.0693. The van der Waals surface area contributed by atoms with E-state index in [1.54, 1.807) is 0 Å². The molecule has 1 saturated heterocycles. The van der Waals surface area contributed by atoms with Crippen molar-refractivity contribution >= 4 is 5.97 Å². The van der Waals surface area contributed by atoms with Gasteiger partial charge < -0.3 is 5.11 Å². The van der Waals surface area contributed by atoms with Crippen LogP contribution in [0.25, 0.3) is 0 Å². The number of aromatic nitrogens is 2. The Hall–Kier alpha value is -2.34. The molecule has 0 saturated carbocycles. The Morgan fingerprint density at radius 1 is 1.32 bits per heavy atom. The van der Waals surface area contributed by atoms with E-state index in [2.05, 4.69) is 14.9 Å². The fourth-order valence-corrected chi connectivity index (χ4v) is 3.36. The maximum Gasteiger partial charge on any atom is 0.303 e. The first-order chi connectivity index (χ1) is 12.0. The Morgan fingerprint density at radius 2 is 2.08 bits per heavy atom. The van der Waals surface area contributed by atoms with Gasteiger partial charge in [-0.05, 0) is 50.1 Å². The number of carboxylic acids is 1. The Bertz CT molecular complexity index is 749. The number of likely N-dealkylation sites (tertiary alicyclic amines) is 1. The summed E-state index contributed by atoms with van der Waals surface area (Å²) in [4.78, 5) is 22.1. The van der Waals surface area contributed by atoms with Gasteiger partial charge in [0.05, 0.1) is 18.2 Å². The standard InChI is InChI=1S/C19H22FN3O2/c1-13-21-16(8-9-19(24)25)11-17(22-13)18-3-2-10-23(18)12-14-4-6-15(20)7-5-14/h4-7,11,18H,2-3,8-10,12H2,1H3,(H,24,25)/t18-/m1/s1. The summed E-state index contributed by atoms with van der Waals surface area (Å²) in [5.74, 6) is -0.376. The van der Waals surface area contributed by atoms with Crippen molar-refractivity contribution in [2.75, 3.05) is 6.54 Å². The van der Waals surface area contributed by atoms with Gasteiger partial charge in [-0.3, -0.25) is 9.69 Å². The van der Waals surface area contributed by atoms with E-state index in [9.17, 15) is 9.18 Å². The quantitative estimate of drug-likeness (QED) is 0.872. The molecule has 0 bridgehead atoms. The molecule has 0 spiro atoms. The first kappa shape index (κ1) is 17.5. The average molecular weight is 343 g/mol. The monoisotopic (exact) mass is 343 g/mol. The number of carbonyl (C=O) groups is 1. The Balaban J connectivity index is 1.77. The summed E-state index contributed by atoms with van der Waals surface area (Å²) < 4.78 is 13.1. The van der Waals surface area contributed by atoms with Crippen LogP contribution in [-0.2, 0) is 17.8 Å². The van der Waals surface area contributed by atoms with Crippen molar-refractivity contribution in [2.45, 2.75) is 45.2 Å². The van der Waals surface area contributed by atoms with Crippen LogP contribution in [0.1, 0.15) is 48.1 Å². The zero-order valence-corrected chi connectivity index (χ0v) is 14.3. The molecular formula is C19H22FN3O2. The summed E-state index contributed by atoms with van der Waals surface area (Å²) in [5, 5.41) is 8.87. The van der Waals surface area contributed by atoms with Gasteiger partial charge in [0.2, 0.25) is 0 Å². The molecule has 1 aliphatic rings. The largest absolute Gasteiger partial charge is 0.481 e. The third kappa shape index (κ3) is 4.60. The van der Waals surface area contributed by atoms with Crippen LogP contribution in [0.3, 0.4) is 0 Å². The van der Waals surface area contributed by atoms with E-state index < -0.39 is 5.97 Å². The van der Waals surface area contributed by atoms with E-state index in [4.69, 9.17) is 5.11 Å². The fraction of sp³-hybridized carbons (Fsp3) is 0.421. The second-order valence-electron chi connectivity index (χ2n) is 6.48. The lowest BCUT2D eigenvalue weighted by molar-refractivity contribution is -0.136. The molecule has 25 heavy (non-hydrogen) atoms. The molecule has 6 heteroatoms. The number of benzene rings is 1. The maximum atomic E-state index is 13.1. The molecule has 0 radical (unpaired) electrons. The molecule has 132 valence electrons. The fourth-order valence-electron chi connectivity index (χ4n) is 3.36. The van der Waals surface area contributed by atoms with Crippen LogP contribution in [0.2, 0.25) is 0 Å². The molecule has 0 unspecified atom stereocenters. The molecule has 1 aromatic heterocycles. The van der Waals surface area contributed by atoms with E-state index in [0.717, 1.165) is 42.9 Å². The van der Waals surface area contributed by atoms with E-state index in [0.29, 0.717) is 12.2 Å². The third-order valence-electron chi connectivity index (χ3n) is 4.51. The summed E-state index contributed by atoms with van der Waals surface area (Å²) in [6, 6.07) is 8.72. The van der Waals surface area contributed by atoms with Gasteiger partial charge in [-0.15, -0.1) is 0 Å². The molecular weight excluding hydrogens is 321 g/mol. The topological polar surface area (TPSA) is 66.3 Å². The van der Waals surface area contributed by atoms with Crippen molar-refractivity contribution < 1.29 is 14.3 Å². The molecule has 1 aliphatic heterocycles. The third-order valence-corrected chi connectivity index (χ3v) is 4.51. The number of aliphatic carboxylic acids is 1. The van der Waals surface area contributed by atoms with Crippen LogP contribution >= 0.6 is 0 Å². The number of aryl methyl sites for hydroxylation is 2. The van der Waals surface area contributed by atoms with E-state index >= 15 is 0 Å². The van der Waals surface area contributed by atoms with Crippen molar-refractivity contribution in [3.05, 3.63) is 58.9 Å². The number of halogens is 1. The van der Waals surface area contributed by atoms with Crippen LogP contribution in [0.5, 0.6) is 0 Å². The van der Waals surface area contributed by atoms with Gasteiger partial charge >= 0.3 is 5.97 Å². The number of carboxylic acid groups (broad SMARTS) is 1. The van der Waals surface area contributed by atoms with Gasteiger partial charge in [-0.1, -0.05) is 12.1 Å². The lowest BCUT2D eigenvalue weighted by atomic mass is 10.1. The first-order valence-corrected chi connectivity index (χ1v) is 8.56. The zero-order valence-electron chi connectivity index (χ0n) is 14.3. The minimum Gasteiger partial charge on any atom is -0.481 e. The highest BCUT2D eigenvalue weighted by Gasteiger charge is 2.27. The van der Waals surface area contributed by atoms with Gasteiger partial charge in [0.25, 0.3) is 0 Å². The maximum absolute atomic E-state index is 13.1. The lowest BCUT2D eigenvalue weighted by Crippen LogP contribution is -2.24. The summed E-state index contributed by atoms with van der Waals surface area (Å²) in [7, 11) is 0. The van der Waals surface area contributed by atoms with Crippen molar-refractivity contribution in [1.82, 2.24) is 14.9 Å². The second-order valence-corrected chi connectivity index (χ2v) is 6.48. The van der Waals surface area contributed by atoms with Crippen molar-refractivity contribution in [2.24, 2.45) is 0 Å². The Labute approximate surface area is 146 Å². The van der Waals surface area contributed by atoms with Crippen molar-refractivity contribution in [1.29, 1.82) is 0 Å². The van der Waals surface area contributed by atoms with E-state index in [1.807, 2.05) is 25.1 Å². The number of nitrogens with zero attached hydrogens (tertiary/aromatic N) is 3. The molecule has 1 atom stereocenters. The Kier molecular flexibility index (Phi) is 5.38.